The zero-order chi connectivity index (χ0) is 13.0. The van der Waals surface area contributed by atoms with Crippen LogP contribution in [0.15, 0.2) is 24.3 Å². The van der Waals surface area contributed by atoms with Gasteiger partial charge < -0.3 is 10.2 Å². The van der Waals surface area contributed by atoms with Crippen LogP contribution in [0, 0.1) is 0 Å². The highest BCUT2D eigenvalue weighted by atomic mass is 16.2. The Morgan fingerprint density at radius 3 is 2.72 bits per heavy atom. The van der Waals surface area contributed by atoms with E-state index in [-0.39, 0.29) is 11.8 Å². The van der Waals surface area contributed by atoms with Crippen molar-refractivity contribution in [3.8, 4) is 0 Å². The van der Waals surface area contributed by atoms with E-state index in [0.29, 0.717) is 19.5 Å². The van der Waals surface area contributed by atoms with Crippen LogP contribution in [0.5, 0.6) is 0 Å². The van der Waals surface area contributed by atoms with Gasteiger partial charge in [-0.2, -0.15) is 0 Å². The molecule has 1 aliphatic rings. The predicted molar refractivity (Wildman–Crippen MR) is 69.3 cm³/mol. The number of nitrogens with zero attached hydrogens (tertiary/aromatic N) is 1. The van der Waals surface area contributed by atoms with Gasteiger partial charge in [-0.1, -0.05) is 24.3 Å². The summed E-state index contributed by atoms with van der Waals surface area (Å²) in [6, 6.07) is 8.12. The molecule has 2 rings (SSSR count). The number of Topliss-reactive ketones (excluding diaryl/α,β-unsaturated/α-hetero) is 1. The largest absolute Gasteiger partial charge is 0.338 e. The van der Waals surface area contributed by atoms with E-state index in [1.165, 1.54) is 18.1 Å². The van der Waals surface area contributed by atoms with Crippen molar-refractivity contribution in [1.82, 2.24) is 10.2 Å². The quantitative estimate of drug-likeness (QED) is 0.883. The molecule has 4 heteroatoms. The van der Waals surface area contributed by atoms with Crippen LogP contribution in [-0.4, -0.2) is 29.8 Å². The number of benzene rings is 1. The number of carbonyl (C=O) groups excluding carboxylic acids is 2. The van der Waals surface area contributed by atoms with Crippen LogP contribution in [-0.2, 0) is 17.8 Å². The van der Waals surface area contributed by atoms with E-state index in [2.05, 4.69) is 17.4 Å². The summed E-state index contributed by atoms with van der Waals surface area (Å²) in [6.07, 6.45) is 1.30. The first kappa shape index (κ1) is 12.6. The Morgan fingerprint density at radius 1 is 1.28 bits per heavy atom. The van der Waals surface area contributed by atoms with E-state index in [1.807, 2.05) is 12.1 Å². The molecule has 0 aromatic heterocycles. The van der Waals surface area contributed by atoms with Gasteiger partial charge in [0.2, 0.25) is 0 Å². The topological polar surface area (TPSA) is 49.4 Å². The molecule has 0 atom stereocenters. The van der Waals surface area contributed by atoms with Crippen molar-refractivity contribution in [2.24, 2.45) is 0 Å². The number of carbonyl (C=O) groups is 2. The molecule has 0 aliphatic carbocycles. The van der Waals surface area contributed by atoms with Crippen LogP contribution in [0.3, 0.4) is 0 Å². The molecule has 96 valence electrons. The summed E-state index contributed by atoms with van der Waals surface area (Å²) < 4.78 is 0. The lowest BCUT2D eigenvalue weighted by Gasteiger charge is -2.28. The van der Waals surface area contributed by atoms with Gasteiger partial charge in [-0.25, -0.2) is 4.79 Å². The lowest BCUT2D eigenvalue weighted by molar-refractivity contribution is -0.116. The smallest absolute Gasteiger partial charge is 0.317 e. The van der Waals surface area contributed by atoms with Crippen LogP contribution >= 0.6 is 0 Å². The van der Waals surface area contributed by atoms with E-state index in [9.17, 15) is 9.59 Å². The summed E-state index contributed by atoms with van der Waals surface area (Å²) in [4.78, 5) is 24.5. The van der Waals surface area contributed by atoms with Crippen molar-refractivity contribution in [2.75, 3.05) is 13.1 Å². The van der Waals surface area contributed by atoms with E-state index < -0.39 is 0 Å². The van der Waals surface area contributed by atoms with Gasteiger partial charge in [0, 0.05) is 26.1 Å². The minimum atomic E-state index is -0.0780. The molecule has 0 spiro atoms. The maximum Gasteiger partial charge on any atom is 0.317 e. The number of nitrogens with one attached hydrogen (secondary N) is 1. The highest BCUT2D eigenvalue weighted by molar-refractivity contribution is 5.78. The van der Waals surface area contributed by atoms with Crippen molar-refractivity contribution in [2.45, 2.75) is 26.3 Å². The van der Waals surface area contributed by atoms with Crippen LogP contribution in [0.2, 0.25) is 0 Å². The number of ketones is 1. The van der Waals surface area contributed by atoms with Gasteiger partial charge >= 0.3 is 6.03 Å². The number of hydrogen-bond donors (Lipinski definition) is 1. The minimum absolute atomic E-state index is 0.0780. The number of rotatable bonds is 3. The van der Waals surface area contributed by atoms with E-state index in [1.54, 1.807) is 4.90 Å². The monoisotopic (exact) mass is 246 g/mol. The molecule has 0 unspecified atom stereocenters. The first-order chi connectivity index (χ1) is 8.66. The second kappa shape index (κ2) is 5.67. The average Bonchev–Trinajstić information content (AvgIpc) is 2.37. The van der Waals surface area contributed by atoms with Gasteiger partial charge in [0.15, 0.2) is 0 Å². The Kier molecular flexibility index (Phi) is 3.97. The third-order valence-corrected chi connectivity index (χ3v) is 3.17. The fourth-order valence-corrected chi connectivity index (χ4v) is 2.13. The van der Waals surface area contributed by atoms with Gasteiger partial charge in [-0.15, -0.1) is 0 Å². The van der Waals surface area contributed by atoms with Crippen LogP contribution in [0.25, 0.3) is 0 Å². The molecule has 1 heterocycles. The van der Waals surface area contributed by atoms with Gasteiger partial charge in [0.1, 0.15) is 5.78 Å². The fourth-order valence-electron chi connectivity index (χ4n) is 2.13. The van der Waals surface area contributed by atoms with Gasteiger partial charge in [0.05, 0.1) is 0 Å². The molecule has 0 fully saturated rings. The predicted octanol–water partition coefficient (Wildman–Crippen LogP) is 1.73. The van der Waals surface area contributed by atoms with E-state index >= 15 is 0 Å². The third kappa shape index (κ3) is 3.09. The molecule has 0 saturated carbocycles. The first-order valence-corrected chi connectivity index (χ1v) is 6.26. The average molecular weight is 246 g/mol. The summed E-state index contributed by atoms with van der Waals surface area (Å²) in [6.45, 7) is 3.35. The molecular weight excluding hydrogens is 228 g/mol. The van der Waals surface area contributed by atoms with Gasteiger partial charge in [-0.05, 0) is 24.5 Å². The van der Waals surface area contributed by atoms with Gasteiger partial charge in [0.25, 0.3) is 0 Å². The van der Waals surface area contributed by atoms with Crippen molar-refractivity contribution < 1.29 is 9.59 Å². The van der Waals surface area contributed by atoms with Crippen molar-refractivity contribution >= 4 is 11.8 Å². The lowest BCUT2D eigenvalue weighted by atomic mass is 10.0. The lowest BCUT2D eigenvalue weighted by Crippen LogP contribution is -2.43. The summed E-state index contributed by atoms with van der Waals surface area (Å²) in [5, 5.41) is 2.78. The first-order valence-electron chi connectivity index (χ1n) is 6.26. The van der Waals surface area contributed by atoms with E-state index in [0.717, 1.165) is 13.0 Å². The molecule has 1 aliphatic heterocycles. The zero-order valence-electron chi connectivity index (χ0n) is 10.6. The third-order valence-electron chi connectivity index (χ3n) is 3.17. The number of amides is 2. The SMILES string of the molecule is CC(=O)CCNC(=O)N1CCc2ccccc2C1. The summed E-state index contributed by atoms with van der Waals surface area (Å²) in [7, 11) is 0. The second-order valence-electron chi connectivity index (χ2n) is 4.62. The molecule has 0 saturated heterocycles. The highest BCUT2D eigenvalue weighted by Crippen LogP contribution is 2.18. The van der Waals surface area contributed by atoms with Crippen LogP contribution in [0.4, 0.5) is 4.79 Å². The Hall–Kier alpha value is -1.84. The summed E-state index contributed by atoms with van der Waals surface area (Å²) >= 11 is 0. The summed E-state index contributed by atoms with van der Waals surface area (Å²) in [5.41, 5.74) is 2.54. The van der Waals surface area contributed by atoms with Gasteiger partial charge in [-0.3, -0.25) is 4.79 Å². The molecule has 0 radical (unpaired) electrons. The van der Waals surface area contributed by atoms with Crippen molar-refractivity contribution in [3.63, 3.8) is 0 Å². The number of fused-ring (bicyclic) bond motifs is 1. The maximum atomic E-state index is 11.9. The molecule has 4 nitrogen and oxygen atoms in total. The normalized spacial score (nSPS) is 13.9. The summed E-state index contributed by atoms with van der Waals surface area (Å²) in [5.74, 6) is 0.0966. The molecular formula is C14H18N2O2. The molecule has 1 N–H and O–H groups in total. The molecule has 0 bridgehead atoms. The van der Waals surface area contributed by atoms with Crippen LogP contribution < -0.4 is 5.32 Å². The zero-order valence-corrected chi connectivity index (χ0v) is 10.6. The standard InChI is InChI=1S/C14H18N2O2/c1-11(17)6-8-15-14(18)16-9-7-12-4-2-3-5-13(12)10-16/h2-5H,6-10H2,1H3,(H,15,18). The Labute approximate surface area is 107 Å². The Balaban J connectivity index is 1.88. The fraction of sp³-hybridized carbons (Fsp3) is 0.429. The molecule has 1 aromatic rings. The molecule has 2 amide bonds. The van der Waals surface area contributed by atoms with Crippen molar-refractivity contribution in [1.29, 1.82) is 0 Å². The second-order valence-corrected chi connectivity index (χ2v) is 4.62. The molecule has 18 heavy (non-hydrogen) atoms. The molecule has 1 aromatic carbocycles. The minimum Gasteiger partial charge on any atom is -0.338 e. The van der Waals surface area contributed by atoms with E-state index in [4.69, 9.17) is 0 Å². The maximum absolute atomic E-state index is 11.9. The van der Waals surface area contributed by atoms with Crippen molar-refractivity contribution in [3.05, 3.63) is 35.4 Å². The Morgan fingerprint density at radius 2 is 2.00 bits per heavy atom. The highest BCUT2D eigenvalue weighted by Gasteiger charge is 2.19. The number of hydrogen-bond acceptors (Lipinski definition) is 2. The Bertz CT molecular complexity index is 457. The van der Waals surface area contributed by atoms with Crippen LogP contribution in [0.1, 0.15) is 24.5 Å². The number of urea groups is 1.